The molecule has 0 aromatic heterocycles. The molecule has 8 heteroatoms. The van der Waals surface area contributed by atoms with Gasteiger partial charge in [-0.3, -0.25) is 10.1 Å². The summed E-state index contributed by atoms with van der Waals surface area (Å²) in [4.78, 5) is 24.2. The van der Waals surface area contributed by atoms with E-state index >= 15 is 0 Å². The van der Waals surface area contributed by atoms with Gasteiger partial charge in [0.15, 0.2) is 0 Å². The van der Waals surface area contributed by atoms with Gasteiger partial charge in [0.2, 0.25) is 0 Å². The number of rotatable bonds is 11. The molecule has 0 heterocycles. The molecular weight excluding hydrogens is 430 g/mol. The number of aliphatic hydroxyl groups is 1. The van der Waals surface area contributed by atoms with Gasteiger partial charge in [-0.2, -0.15) is 12.6 Å². The molecule has 0 aliphatic rings. The Kier molecular flexibility index (Phi) is 9.87. The molecule has 1 atom stereocenters. The molecule has 0 saturated heterocycles. The molecule has 0 aliphatic heterocycles. The zero-order valence-electron chi connectivity index (χ0n) is 18.7. The second-order valence-electron chi connectivity index (χ2n) is 8.04. The van der Waals surface area contributed by atoms with Crippen molar-refractivity contribution in [2.24, 2.45) is 5.41 Å². The zero-order valence-corrected chi connectivity index (χ0v) is 19.6. The molecule has 2 aromatic rings. The lowest BCUT2D eigenvalue weighted by molar-refractivity contribution is -0.141. The summed E-state index contributed by atoms with van der Waals surface area (Å²) < 4.78 is 16.6. The highest BCUT2D eigenvalue weighted by Crippen LogP contribution is 2.40. The predicted molar refractivity (Wildman–Crippen MR) is 126 cm³/mol. The average Bonchev–Trinajstić information content (AvgIpc) is 2.77. The predicted octanol–water partition coefficient (Wildman–Crippen LogP) is 4.55. The highest BCUT2D eigenvalue weighted by Gasteiger charge is 2.35. The van der Waals surface area contributed by atoms with Gasteiger partial charge in [-0.05, 0) is 43.2 Å². The topological polar surface area (TPSA) is 94.1 Å². The Bertz CT molecular complexity index is 884. The molecule has 0 bridgehead atoms. The molecule has 0 saturated carbocycles. The first kappa shape index (κ1) is 25.5. The largest absolute Gasteiger partial charge is 0.491 e. The lowest BCUT2D eigenvalue weighted by Crippen LogP contribution is -2.30. The Balaban J connectivity index is 2.22. The maximum Gasteiger partial charge on any atom is 0.412 e. The van der Waals surface area contributed by atoms with Gasteiger partial charge in [-0.25, -0.2) is 4.79 Å². The van der Waals surface area contributed by atoms with E-state index in [1.165, 1.54) is 0 Å². The fourth-order valence-electron chi connectivity index (χ4n) is 3.11. The van der Waals surface area contributed by atoms with E-state index in [0.29, 0.717) is 17.9 Å². The number of ether oxygens (including phenoxy) is 3. The third-order valence-electron chi connectivity index (χ3n) is 4.89. The highest BCUT2D eigenvalue weighted by molar-refractivity contribution is 7.81. The van der Waals surface area contributed by atoms with Crippen LogP contribution in [0.5, 0.6) is 5.75 Å². The molecule has 0 fully saturated rings. The number of hydrogen-bond acceptors (Lipinski definition) is 7. The Hall–Kier alpha value is -2.71. The van der Waals surface area contributed by atoms with Crippen molar-refractivity contribution in [2.75, 3.05) is 30.9 Å². The number of anilines is 1. The zero-order chi connectivity index (χ0) is 23.6. The monoisotopic (exact) mass is 461 g/mol. The number of carbonyl (C=O) groups is 2. The summed E-state index contributed by atoms with van der Waals surface area (Å²) in [7, 11) is 0. The minimum atomic E-state index is -0.652. The van der Waals surface area contributed by atoms with Crippen LogP contribution >= 0.6 is 12.6 Å². The van der Waals surface area contributed by atoms with Crippen molar-refractivity contribution in [2.45, 2.75) is 33.3 Å². The number of aliphatic hydroxyl groups excluding tert-OH is 1. The molecule has 2 aromatic carbocycles. The van der Waals surface area contributed by atoms with Crippen molar-refractivity contribution in [3.8, 4) is 5.75 Å². The smallest absolute Gasteiger partial charge is 0.412 e. The first-order valence-electron chi connectivity index (χ1n) is 10.4. The van der Waals surface area contributed by atoms with Crippen LogP contribution < -0.4 is 10.1 Å². The number of aryl methyl sites for hydroxylation is 1. The van der Waals surface area contributed by atoms with Crippen LogP contribution in [0.1, 0.15) is 37.5 Å². The van der Waals surface area contributed by atoms with Gasteiger partial charge in [0.05, 0.1) is 19.0 Å². The number of amides is 1. The van der Waals surface area contributed by atoms with E-state index in [9.17, 15) is 9.59 Å². The third-order valence-corrected chi connectivity index (χ3v) is 5.15. The van der Waals surface area contributed by atoms with Crippen LogP contribution in [0.3, 0.4) is 0 Å². The van der Waals surface area contributed by atoms with Crippen molar-refractivity contribution in [3.63, 3.8) is 0 Å². The van der Waals surface area contributed by atoms with E-state index in [0.717, 1.165) is 11.1 Å². The van der Waals surface area contributed by atoms with Crippen LogP contribution in [0, 0.1) is 12.3 Å². The second kappa shape index (κ2) is 12.4. The van der Waals surface area contributed by atoms with Crippen LogP contribution in [0.4, 0.5) is 10.5 Å². The van der Waals surface area contributed by atoms with E-state index in [-0.39, 0.29) is 25.6 Å². The summed E-state index contributed by atoms with van der Waals surface area (Å²) >= 11 is 3.91. The molecular formula is C24H31NO6S. The number of hydrogen-bond donors (Lipinski definition) is 3. The van der Waals surface area contributed by atoms with Gasteiger partial charge in [0, 0.05) is 11.1 Å². The summed E-state index contributed by atoms with van der Waals surface area (Å²) in [5.41, 5.74) is 1.86. The maximum atomic E-state index is 12.7. The summed E-state index contributed by atoms with van der Waals surface area (Å²) in [6.45, 7) is 6.07. The molecule has 32 heavy (non-hydrogen) atoms. The van der Waals surface area contributed by atoms with Crippen molar-refractivity contribution in [3.05, 3.63) is 59.7 Å². The van der Waals surface area contributed by atoms with E-state index in [1.54, 1.807) is 30.3 Å². The van der Waals surface area contributed by atoms with Crippen molar-refractivity contribution < 1.29 is 28.9 Å². The number of benzene rings is 2. The molecule has 0 aliphatic carbocycles. The van der Waals surface area contributed by atoms with Gasteiger partial charge < -0.3 is 19.3 Å². The first-order valence-corrected chi connectivity index (χ1v) is 11.0. The minimum absolute atomic E-state index is 0.00353. The summed E-state index contributed by atoms with van der Waals surface area (Å²) in [6, 6.07) is 14.6. The maximum absolute atomic E-state index is 12.7. The first-order chi connectivity index (χ1) is 15.2. The molecule has 174 valence electrons. The number of carbonyl (C=O) groups excluding carboxylic acids is 2. The van der Waals surface area contributed by atoms with E-state index in [1.807, 2.05) is 39.0 Å². The number of esters is 1. The summed E-state index contributed by atoms with van der Waals surface area (Å²) in [5, 5.41) is 11.8. The fraction of sp³-hybridized carbons (Fsp3) is 0.417. The van der Waals surface area contributed by atoms with Gasteiger partial charge in [-0.15, -0.1) is 0 Å². The van der Waals surface area contributed by atoms with Gasteiger partial charge in [0.1, 0.15) is 18.5 Å². The molecule has 2 N–H and O–H groups in total. The lowest BCUT2D eigenvalue weighted by Gasteiger charge is -2.34. The second-order valence-corrected chi connectivity index (χ2v) is 8.35. The van der Waals surface area contributed by atoms with Crippen molar-refractivity contribution in [1.82, 2.24) is 0 Å². The summed E-state index contributed by atoms with van der Waals surface area (Å²) in [6.07, 6.45) is -0.794. The van der Waals surface area contributed by atoms with Crippen LogP contribution in [-0.2, 0) is 14.3 Å². The molecule has 2 rings (SSSR count). The Morgan fingerprint density at radius 1 is 1.12 bits per heavy atom. The quantitative estimate of drug-likeness (QED) is 0.336. The standard InChI is InChI=1S/C24H31NO6S/c1-17-7-9-19(10-8-17)25-23(28)31-22(24(2,3)11-13-30-21(27)16-32)18-5-4-6-20(15-18)29-14-12-26/h4-10,15,22,26,32H,11-14,16H2,1-3H3,(H,25,28)/t22-/m0/s1. The lowest BCUT2D eigenvalue weighted by atomic mass is 9.80. The fourth-order valence-corrected chi connectivity index (χ4v) is 3.20. The van der Waals surface area contributed by atoms with Crippen molar-refractivity contribution >= 4 is 30.4 Å². The van der Waals surface area contributed by atoms with Crippen LogP contribution in [-0.4, -0.2) is 42.7 Å². The number of nitrogens with one attached hydrogen (secondary N) is 1. The summed E-state index contributed by atoms with van der Waals surface area (Å²) in [5.74, 6) is 0.156. The molecule has 0 spiro atoms. The molecule has 0 radical (unpaired) electrons. The van der Waals surface area contributed by atoms with Crippen molar-refractivity contribution in [1.29, 1.82) is 0 Å². The highest BCUT2D eigenvalue weighted by atomic mass is 32.1. The van der Waals surface area contributed by atoms with Crippen LogP contribution in [0.25, 0.3) is 0 Å². The molecule has 0 unspecified atom stereocenters. The molecule has 1 amide bonds. The average molecular weight is 462 g/mol. The van der Waals surface area contributed by atoms with E-state index in [4.69, 9.17) is 19.3 Å². The van der Waals surface area contributed by atoms with Gasteiger partial charge in [-0.1, -0.05) is 43.7 Å². The SMILES string of the molecule is Cc1ccc(NC(=O)O[C@@H](c2cccc(OCCO)c2)C(C)(C)CCOC(=O)CS)cc1. The Morgan fingerprint density at radius 2 is 1.84 bits per heavy atom. The van der Waals surface area contributed by atoms with Crippen LogP contribution in [0.15, 0.2) is 48.5 Å². The number of thiol groups is 1. The minimum Gasteiger partial charge on any atom is -0.491 e. The normalized spacial score (nSPS) is 12.0. The van der Waals surface area contributed by atoms with Gasteiger partial charge >= 0.3 is 12.1 Å². The molecule has 7 nitrogen and oxygen atoms in total. The van der Waals surface area contributed by atoms with Crippen LogP contribution in [0.2, 0.25) is 0 Å². The Labute approximate surface area is 194 Å². The van der Waals surface area contributed by atoms with E-state index in [2.05, 4.69) is 17.9 Å². The third kappa shape index (κ3) is 8.09. The Morgan fingerprint density at radius 3 is 2.50 bits per heavy atom. The van der Waals surface area contributed by atoms with Gasteiger partial charge in [0.25, 0.3) is 0 Å². The van der Waals surface area contributed by atoms with E-state index < -0.39 is 23.6 Å².